The monoisotopic (exact) mass is 366 g/mol. The Morgan fingerprint density at radius 2 is 2.00 bits per heavy atom. The molecule has 27 heavy (non-hydrogen) atoms. The minimum absolute atomic E-state index is 0.314. The Morgan fingerprint density at radius 1 is 1.30 bits per heavy atom. The van der Waals surface area contributed by atoms with Crippen LogP contribution in [0.25, 0.3) is 0 Å². The molecule has 2 amide bonds. The first-order valence-corrected chi connectivity index (χ1v) is 8.67. The number of nitrogens with zero attached hydrogens (tertiary/aromatic N) is 2. The van der Waals surface area contributed by atoms with E-state index < -0.39 is 17.5 Å². The molecule has 3 N–H and O–H groups in total. The zero-order chi connectivity index (χ0) is 20.2. The summed E-state index contributed by atoms with van der Waals surface area (Å²) >= 11 is 0. The summed E-state index contributed by atoms with van der Waals surface area (Å²) in [7, 11) is 0. The lowest BCUT2D eigenvalue weighted by molar-refractivity contribution is -0.126. The maximum absolute atomic E-state index is 13.2. The Hall–Kier alpha value is -3.15. The van der Waals surface area contributed by atoms with E-state index in [9.17, 15) is 9.59 Å². The van der Waals surface area contributed by atoms with Crippen LogP contribution < -0.4 is 16.0 Å². The summed E-state index contributed by atoms with van der Waals surface area (Å²) in [6.07, 6.45) is 4.38. The number of pyridine rings is 1. The lowest BCUT2D eigenvalue weighted by Gasteiger charge is -2.33. The molecule has 142 valence electrons. The highest BCUT2D eigenvalue weighted by Gasteiger charge is 2.33. The molecule has 1 heterocycles. The molecule has 0 radical (unpaired) electrons. The van der Waals surface area contributed by atoms with Gasteiger partial charge in [-0.1, -0.05) is 12.6 Å². The zero-order valence-corrected chi connectivity index (χ0v) is 16.2. The maximum atomic E-state index is 13.2. The molecular formula is C21H26N4O2. The quantitative estimate of drug-likeness (QED) is 0.628. The zero-order valence-electron chi connectivity index (χ0n) is 16.2. The fraction of sp³-hybridized carbons (Fsp3) is 0.286. The number of rotatable bonds is 5. The molecule has 1 aromatic heterocycles. The number of benzene rings is 1. The summed E-state index contributed by atoms with van der Waals surface area (Å²) in [5.74, 6) is -0.719. The molecule has 2 aromatic rings. The summed E-state index contributed by atoms with van der Waals surface area (Å²) < 4.78 is 0. The van der Waals surface area contributed by atoms with Gasteiger partial charge in [0.05, 0.1) is 0 Å². The van der Waals surface area contributed by atoms with Gasteiger partial charge in [0.2, 0.25) is 5.91 Å². The number of nitrogen functional groups attached to an aromatic ring is 1. The van der Waals surface area contributed by atoms with Crippen molar-refractivity contribution in [3.8, 4) is 0 Å². The van der Waals surface area contributed by atoms with E-state index >= 15 is 0 Å². The molecule has 6 heteroatoms. The average molecular weight is 366 g/mol. The second-order valence-electron chi connectivity index (χ2n) is 7.44. The summed E-state index contributed by atoms with van der Waals surface area (Å²) in [5, 5.41) is 2.95. The molecule has 0 bridgehead atoms. The van der Waals surface area contributed by atoms with Crippen LogP contribution in [-0.4, -0.2) is 22.3 Å². The highest BCUT2D eigenvalue weighted by Crippen LogP contribution is 2.30. The lowest BCUT2D eigenvalue weighted by Crippen LogP contribution is -2.49. The van der Waals surface area contributed by atoms with Gasteiger partial charge >= 0.3 is 0 Å². The van der Waals surface area contributed by atoms with Crippen molar-refractivity contribution in [3.63, 3.8) is 0 Å². The van der Waals surface area contributed by atoms with Gasteiger partial charge in [-0.25, -0.2) is 0 Å². The molecule has 6 nitrogen and oxygen atoms in total. The van der Waals surface area contributed by atoms with Crippen molar-refractivity contribution in [2.24, 2.45) is 0 Å². The molecule has 0 aliphatic rings. The fourth-order valence-electron chi connectivity index (χ4n) is 2.83. The highest BCUT2D eigenvalue weighted by molar-refractivity contribution is 6.06. The Bertz CT molecular complexity index is 821. The average Bonchev–Trinajstić information content (AvgIpc) is 2.57. The Morgan fingerprint density at radius 3 is 2.52 bits per heavy atom. The van der Waals surface area contributed by atoms with Crippen LogP contribution in [0.5, 0.6) is 0 Å². The molecule has 0 saturated heterocycles. The number of nitrogens with two attached hydrogens (primary N) is 1. The fourth-order valence-corrected chi connectivity index (χ4v) is 2.83. The first-order valence-electron chi connectivity index (χ1n) is 8.67. The molecule has 0 saturated carbocycles. The Balaban J connectivity index is 2.64. The van der Waals surface area contributed by atoms with Gasteiger partial charge in [0.15, 0.2) is 0 Å². The predicted octanol–water partition coefficient (Wildman–Crippen LogP) is 3.15. The number of anilines is 2. The second kappa shape index (κ2) is 8.03. The highest BCUT2D eigenvalue weighted by atomic mass is 16.2. The van der Waals surface area contributed by atoms with E-state index in [1.165, 1.54) is 11.0 Å². The number of carbonyl (C=O) groups excluding carboxylic acids is 2. The van der Waals surface area contributed by atoms with E-state index in [1.54, 1.807) is 36.7 Å². The van der Waals surface area contributed by atoms with Crippen molar-refractivity contribution in [2.45, 2.75) is 39.3 Å². The van der Waals surface area contributed by atoms with Gasteiger partial charge in [0, 0.05) is 34.9 Å². The Kier molecular flexibility index (Phi) is 6.00. The van der Waals surface area contributed by atoms with E-state index in [4.69, 9.17) is 5.73 Å². The Labute approximate surface area is 160 Å². The molecular weight excluding hydrogens is 340 g/mol. The van der Waals surface area contributed by atoms with E-state index in [-0.39, 0.29) is 5.91 Å². The first-order chi connectivity index (χ1) is 12.6. The lowest BCUT2D eigenvalue weighted by atomic mass is 10.0. The molecule has 0 aliphatic carbocycles. The minimum atomic E-state index is -0.912. The van der Waals surface area contributed by atoms with Crippen LogP contribution in [0, 0.1) is 6.92 Å². The molecule has 0 aliphatic heterocycles. The topological polar surface area (TPSA) is 88.3 Å². The molecule has 1 unspecified atom stereocenters. The molecule has 1 atom stereocenters. The van der Waals surface area contributed by atoms with Crippen LogP contribution in [0.2, 0.25) is 0 Å². The maximum Gasteiger partial charge on any atom is 0.251 e. The van der Waals surface area contributed by atoms with Crippen molar-refractivity contribution >= 4 is 23.2 Å². The SMILES string of the molecule is C=CC(=O)N(c1cc(C)cc(N)c1)C(C(=O)NC(C)(C)C)c1cccnc1. The number of hydrogen-bond donors (Lipinski definition) is 2. The van der Waals surface area contributed by atoms with Gasteiger partial charge < -0.3 is 11.1 Å². The number of hydrogen-bond acceptors (Lipinski definition) is 4. The number of amides is 2. The van der Waals surface area contributed by atoms with Gasteiger partial charge in [-0.2, -0.15) is 0 Å². The standard InChI is InChI=1S/C21H26N4O2/c1-6-18(26)25(17-11-14(2)10-16(22)12-17)19(15-8-7-9-23-13-15)20(27)24-21(3,4)5/h6-13,19H,1,22H2,2-5H3,(H,24,27). The second-order valence-corrected chi connectivity index (χ2v) is 7.44. The smallest absolute Gasteiger partial charge is 0.251 e. The van der Waals surface area contributed by atoms with Crippen LogP contribution in [-0.2, 0) is 9.59 Å². The number of aryl methyl sites for hydroxylation is 1. The summed E-state index contributed by atoms with van der Waals surface area (Å²) in [5.41, 5.74) is 8.02. The minimum Gasteiger partial charge on any atom is -0.399 e. The van der Waals surface area contributed by atoms with Gasteiger partial charge in [-0.3, -0.25) is 19.5 Å². The number of carbonyl (C=O) groups is 2. The summed E-state index contributed by atoms with van der Waals surface area (Å²) in [6.45, 7) is 11.1. The third-order valence-electron chi connectivity index (χ3n) is 3.78. The van der Waals surface area contributed by atoms with Crippen LogP contribution in [0.4, 0.5) is 11.4 Å². The largest absolute Gasteiger partial charge is 0.399 e. The molecule has 0 fully saturated rings. The van der Waals surface area contributed by atoms with E-state index in [0.29, 0.717) is 16.9 Å². The van der Waals surface area contributed by atoms with Crippen molar-refractivity contribution < 1.29 is 9.59 Å². The van der Waals surface area contributed by atoms with Crippen molar-refractivity contribution in [2.75, 3.05) is 10.6 Å². The van der Waals surface area contributed by atoms with Crippen LogP contribution >= 0.6 is 0 Å². The van der Waals surface area contributed by atoms with Gasteiger partial charge in [0.25, 0.3) is 5.91 Å². The van der Waals surface area contributed by atoms with Crippen LogP contribution in [0.1, 0.15) is 37.9 Å². The summed E-state index contributed by atoms with van der Waals surface area (Å²) in [4.78, 5) is 31.5. The number of nitrogens with one attached hydrogen (secondary N) is 1. The van der Waals surface area contributed by atoms with E-state index in [1.807, 2.05) is 33.8 Å². The number of aromatic nitrogens is 1. The van der Waals surface area contributed by atoms with Gasteiger partial charge in [-0.05, 0) is 63.6 Å². The summed E-state index contributed by atoms with van der Waals surface area (Å²) in [6, 6.07) is 7.86. The predicted molar refractivity (Wildman–Crippen MR) is 108 cm³/mol. The van der Waals surface area contributed by atoms with Crippen molar-refractivity contribution in [1.29, 1.82) is 0 Å². The third kappa shape index (κ3) is 5.17. The first kappa shape index (κ1) is 20.2. The molecule has 2 rings (SSSR count). The molecule has 1 aromatic carbocycles. The van der Waals surface area contributed by atoms with Crippen LogP contribution in [0.15, 0.2) is 55.4 Å². The van der Waals surface area contributed by atoms with Gasteiger partial charge in [-0.15, -0.1) is 0 Å². The molecule has 0 spiro atoms. The normalized spacial score (nSPS) is 12.1. The van der Waals surface area contributed by atoms with E-state index in [2.05, 4.69) is 16.9 Å². The third-order valence-corrected chi connectivity index (χ3v) is 3.78. The van der Waals surface area contributed by atoms with Gasteiger partial charge in [0.1, 0.15) is 6.04 Å². The van der Waals surface area contributed by atoms with E-state index in [0.717, 1.165) is 5.56 Å². The van der Waals surface area contributed by atoms with Crippen molar-refractivity contribution in [1.82, 2.24) is 10.3 Å². The van der Waals surface area contributed by atoms with Crippen molar-refractivity contribution in [3.05, 3.63) is 66.5 Å². The van der Waals surface area contributed by atoms with Crippen LogP contribution in [0.3, 0.4) is 0 Å².